The number of amides is 1. The molecule has 4 unspecified atom stereocenters. The van der Waals surface area contributed by atoms with Gasteiger partial charge in [-0.15, -0.1) is 0 Å². The van der Waals surface area contributed by atoms with Crippen molar-refractivity contribution in [1.82, 2.24) is 4.90 Å². The van der Waals surface area contributed by atoms with Crippen LogP contribution in [0.1, 0.15) is 113 Å². The predicted molar refractivity (Wildman–Crippen MR) is 223 cm³/mol. The number of ether oxygens (including phenoxy) is 2. The Hall–Kier alpha value is -1.43. The summed E-state index contributed by atoms with van der Waals surface area (Å²) in [4.78, 5) is 19.0. The van der Waals surface area contributed by atoms with Gasteiger partial charge in [0.15, 0.2) is 6.29 Å². The number of para-hydroxylation sites is 1. The van der Waals surface area contributed by atoms with Crippen molar-refractivity contribution in [3.8, 4) is 0 Å². The second-order valence-corrected chi connectivity index (χ2v) is 22.1. The van der Waals surface area contributed by atoms with E-state index >= 15 is 0 Å². The van der Waals surface area contributed by atoms with Gasteiger partial charge in [0.2, 0.25) is 5.91 Å². The van der Waals surface area contributed by atoms with E-state index in [4.69, 9.17) is 32.7 Å². The summed E-state index contributed by atoms with van der Waals surface area (Å²) in [6, 6.07) is 5.61. The molecule has 1 amide bonds. The molecule has 14 atom stereocenters. The first-order valence-electron chi connectivity index (χ1n) is 21.9. The molecule has 0 aromatic heterocycles. The van der Waals surface area contributed by atoms with Crippen molar-refractivity contribution in [1.29, 1.82) is 0 Å². The van der Waals surface area contributed by atoms with Crippen LogP contribution in [-0.4, -0.2) is 101 Å². The number of aliphatic hydroxyl groups is 4. The topological polar surface area (TPSA) is 123 Å². The molecule has 2 aliphatic heterocycles. The molecular formula is C46H68Cl2N2O7. The molecule has 1 aromatic carbocycles. The zero-order valence-electron chi connectivity index (χ0n) is 35.3. The fourth-order valence-corrected chi connectivity index (χ4v) is 15.0. The number of anilines is 1. The zero-order chi connectivity index (χ0) is 41.1. The van der Waals surface area contributed by atoms with E-state index < -0.39 is 42.7 Å². The molecule has 2 saturated heterocycles. The lowest BCUT2D eigenvalue weighted by molar-refractivity contribution is -0.337. The molecule has 5 aliphatic carbocycles. The van der Waals surface area contributed by atoms with Crippen LogP contribution in [0.3, 0.4) is 0 Å². The predicted octanol–water partition coefficient (Wildman–Crippen LogP) is 7.63. The largest absolute Gasteiger partial charge is 0.394 e. The van der Waals surface area contributed by atoms with Crippen molar-refractivity contribution in [2.45, 2.75) is 149 Å². The SMILES string of the molecule is CC1(C(=O)N2CCN(c3c(Cl)cccc3Cl)CC2)CC[C@]2(C)CC[C@]3(C)C(=CCC4[C@@]5(C)C(O[C@@H]6O[C@H](CO)[C@@H](O)[C@@H](O)[C@H]6O)CCC(C)(C)C5CC[C@]43C)[C@@H]2C1. The molecule has 6 fully saturated rings. The van der Waals surface area contributed by atoms with Gasteiger partial charge >= 0.3 is 0 Å². The van der Waals surface area contributed by atoms with Crippen LogP contribution in [0.25, 0.3) is 0 Å². The lowest BCUT2D eigenvalue weighted by Crippen LogP contribution is -2.67. The molecule has 9 nitrogen and oxygen atoms in total. The van der Waals surface area contributed by atoms with E-state index in [1.807, 2.05) is 18.2 Å². The zero-order valence-corrected chi connectivity index (χ0v) is 36.8. The highest BCUT2D eigenvalue weighted by Gasteiger charge is 2.70. The second-order valence-electron chi connectivity index (χ2n) is 21.3. The quantitative estimate of drug-likeness (QED) is 0.224. The van der Waals surface area contributed by atoms with Crippen LogP contribution < -0.4 is 4.90 Å². The Morgan fingerprint density at radius 1 is 0.842 bits per heavy atom. The molecule has 4 N–H and O–H groups in total. The Balaban J connectivity index is 1.06. The summed E-state index contributed by atoms with van der Waals surface area (Å²) in [7, 11) is 0. The van der Waals surface area contributed by atoms with E-state index in [2.05, 4.69) is 64.3 Å². The van der Waals surface area contributed by atoms with E-state index in [1.165, 1.54) is 0 Å². The standard InChI is InChI=1S/C46H68Cl2N2O7/c1-41(2)15-14-34(57-39-38(54)37(53)36(52)31(26-51)56-39)46(7)32(41)13-16-45(6)33(46)12-11-27-28-25-43(4,18-17-42(28,3)19-20-44(27,45)5)40(55)50-23-21-49(22-24-50)35-29(47)9-8-10-30(35)48/h8-11,28,31-34,36-39,51-54H,12-26H2,1-7H3/t28-,31+,32?,33?,34?,36+,37+,38+,39-,42+,43?,44+,45+,46-/m0/s1. The van der Waals surface area contributed by atoms with Crippen LogP contribution in [0.15, 0.2) is 29.8 Å². The van der Waals surface area contributed by atoms with Crippen LogP contribution in [0.2, 0.25) is 10.0 Å². The number of carbonyl (C=O) groups excluding carboxylic acids is 1. The van der Waals surface area contributed by atoms with Crippen molar-refractivity contribution >= 4 is 34.8 Å². The maximum absolute atomic E-state index is 14.7. The lowest BCUT2D eigenvalue weighted by Gasteiger charge is -2.72. The molecule has 4 saturated carbocycles. The van der Waals surface area contributed by atoms with E-state index in [0.29, 0.717) is 54.0 Å². The minimum Gasteiger partial charge on any atom is -0.394 e. The van der Waals surface area contributed by atoms with Gasteiger partial charge in [-0.1, -0.05) is 89.4 Å². The smallest absolute Gasteiger partial charge is 0.228 e. The van der Waals surface area contributed by atoms with Crippen LogP contribution in [0.4, 0.5) is 5.69 Å². The molecule has 7 aliphatic rings. The number of nitrogens with zero attached hydrogens (tertiary/aromatic N) is 2. The summed E-state index contributed by atoms with van der Waals surface area (Å²) in [5, 5.41) is 43.5. The number of allylic oxidation sites excluding steroid dienone is 2. The highest BCUT2D eigenvalue weighted by molar-refractivity contribution is 6.39. The van der Waals surface area contributed by atoms with Gasteiger partial charge in [0.25, 0.3) is 0 Å². The normalized spacial score (nSPS) is 46.9. The molecular weight excluding hydrogens is 763 g/mol. The van der Waals surface area contributed by atoms with Crippen molar-refractivity contribution in [3.05, 3.63) is 39.9 Å². The molecule has 57 heavy (non-hydrogen) atoms. The Labute approximate surface area is 350 Å². The fourth-order valence-electron chi connectivity index (χ4n) is 14.4. The number of piperazine rings is 1. The van der Waals surface area contributed by atoms with Crippen LogP contribution in [0, 0.1) is 50.2 Å². The summed E-state index contributed by atoms with van der Waals surface area (Å²) < 4.78 is 12.8. The summed E-state index contributed by atoms with van der Waals surface area (Å²) in [6.07, 6.45) is 5.92. The van der Waals surface area contributed by atoms with Gasteiger partial charge < -0.3 is 39.7 Å². The number of carbonyl (C=O) groups is 1. The van der Waals surface area contributed by atoms with Crippen molar-refractivity contribution < 1.29 is 34.7 Å². The minimum atomic E-state index is -1.47. The summed E-state index contributed by atoms with van der Waals surface area (Å²) >= 11 is 13.1. The van der Waals surface area contributed by atoms with Crippen LogP contribution >= 0.6 is 23.2 Å². The van der Waals surface area contributed by atoms with E-state index in [0.717, 1.165) is 69.9 Å². The maximum Gasteiger partial charge on any atom is 0.228 e. The number of fused-ring (bicyclic) bond motifs is 7. The van der Waals surface area contributed by atoms with Crippen molar-refractivity contribution in [2.75, 3.05) is 37.7 Å². The van der Waals surface area contributed by atoms with Gasteiger partial charge in [0, 0.05) is 37.0 Å². The second kappa shape index (κ2) is 14.6. The third kappa shape index (κ3) is 6.39. The number of halogens is 2. The molecule has 2 heterocycles. The average molecular weight is 832 g/mol. The van der Waals surface area contributed by atoms with Crippen molar-refractivity contribution in [3.63, 3.8) is 0 Å². The Bertz CT molecular complexity index is 1730. The maximum atomic E-state index is 14.7. The van der Waals surface area contributed by atoms with E-state index in [1.54, 1.807) is 5.57 Å². The number of hydrogen-bond acceptors (Lipinski definition) is 8. The van der Waals surface area contributed by atoms with Crippen molar-refractivity contribution in [2.24, 2.45) is 50.2 Å². The van der Waals surface area contributed by atoms with Crippen LogP contribution in [-0.2, 0) is 14.3 Å². The Morgan fingerprint density at radius 3 is 2.18 bits per heavy atom. The first-order chi connectivity index (χ1) is 26.7. The fraction of sp³-hybridized carbons (Fsp3) is 0.804. The molecule has 0 radical (unpaired) electrons. The highest BCUT2D eigenvalue weighted by Crippen LogP contribution is 2.76. The molecule has 0 bridgehead atoms. The first-order valence-corrected chi connectivity index (χ1v) is 22.6. The van der Waals surface area contributed by atoms with Gasteiger partial charge in [-0.2, -0.15) is 0 Å². The minimum absolute atomic E-state index is 0.0256. The number of hydrogen-bond donors (Lipinski definition) is 4. The number of aliphatic hydroxyl groups excluding tert-OH is 4. The summed E-state index contributed by atoms with van der Waals surface area (Å²) in [6.45, 7) is 19.3. The van der Waals surface area contributed by atoms with Crippen LogP contribution in [0.5, 0.6) is 0 Å². The molecule has 318 valence electrons. The highest BCUT2D eigenvalue weighted by atomic mass is 35.5. The third-order valence-electron chi connectivity index (χ3n) is 18.2. The summed E-state index contributed by atoms with van der Waals surface area (Å²) in [5.74, 6) is 1.29. The Morgan fingerprint density at radius 2 is 1.51 bits per heavy atom. The number of rotatable bonds is 5. The molecule has 0 spiro atoms. The lowest BCUT2D eigenvalue weighted by atomic mass is 9.33. The van der Waals surface area contributed by atoms with Gasteiger partial charge in [-0.3, -0.25) is 4.79 Å². The van der Waals surface area contributed by atoms with E-state index in [9.17, 15) is 25.2 Å². The average Bonchev–Trinajstić information content (AvgIpc) is 3.17. The third-order valence-corrected chi connectivity index (χ3v) is 18.8. The Kier molecular flexibility index (Phi) is 10.8. The van der Waals surface area contributed by atoms with Gasteiger partial charge in [0.1, 0.15) is 24.4 Å². The number of benzene rings is 1. The summed E-state index contributed by atoms with van der Waals surface area (Å²) in [5.41, 5.74) is 1.91. The van der Waals surface area contributed by atoms with Gasteiger partial charge in [-0.05, 0) is 116 Å². The molecule has 11 heteroatoms. The monoisotopic (exact) mass is 830 g/mol. The van der Waals surface area contributed by atoms with E-state index in [-0.39, 0.29) is 39.1 Å². The van der Waals surface area contributed by atoms with Gasteiger partial charge in [-0.25, -0.2) is 0 Å². The first kappa shape index (κ1) is 42.3. The van der Waals surface area contributed by atoms with Gasteiger partial charge in [0.05, 0.1) is 28.4 Å². The molecule has 1 aromatic rings. The molecule has 8 rings (SSSR count).